The fraction of sp³-hybridized carbons (Fsp3) is 0.312. The molecule has 114 valence electrons. The van der Waals surface area contributed by atoms with Gasteiger partial charge in [-0.2, -0.15) is 5.01 Å². The third-order valence-corrected chi connectivity index (χ3v) is 4.85. The number of fused-ring (bicyclic) bond motifs is 1. The minimum absolute atomic E-state index is 0.317. The second kappa shape index (κ2) is 5.68. The largest absolute Gasteiger partial charge is 0.272 e. The van der Waals surface area contributed by atoms with Crippen LogP contribution in [0.25, 0.3) is 0 Å². The Morgan fingerprint density at radius 3 is 2.64 bits per heavy atom. The summed E-state index contributed by atoms with van der Waals surface area (Å²) in [7, 11) is 0. The van der Waals surface area contributed by atoms with Gasteiger partial charge >= 0.3 is 0 Å². The summed E-state index contributed by atoms with van der Waals surface area (Å²) in [6.45, 7) is 1.95. The summed E-state index contributed by atoms with van der Waals surface area (Å²) in [6, 6.07) is 6.87. The van der Waals surface area contributed by atoms with Gasteiger partial charge in [-0.05, 0) is 47.8 Å². The molecule has 5 nitrogen and oxygen atoms in total. The lowest BCUT2D eigenvalue weighted by molar-refractivity contribution is -0.142. The van der Waals surface area contributed by atoms with Crippen molar-refractivity contribution in [1.82, 2.24) is 10.4 Å². The van der Waals surface area contributed by atoms with Gasteiger partial charge in [-0.25, -0.2) is 0 Å². The molecule has 22 heavy (non-hydrogen) atoms. The second-order valence-electron chi connectivity index (χ2n) is 5.64. The summed E-state index contributed by atoms with van der Waals surface area (Å²) < 4.78 is 0.613. The molecular formula is C16H15BrN2O3. The van der Waals surface area contributed by atoms with Crippen molar-refractivity contribution in [3.63, 3.8) is 0 Å². The molecule has 3 rings (SSSR count). The molecular weight excluding hydrogens is 348 g/mol. The fourth-order valence-electron chi connectivity index (χ4n) is 2.95. The summed E-state index contributed by atoms with van der Waals surface area (Å²) >= 11 is 3.29. The number of allylic oxidation sites excluding steroid dienone is 2. The lowest BCUT2D eigenvalue weighted by atomic mass is 9.82. The molecule has 1 aliphatic heterocycles. The maximum atomic E-state index is 12.4. The number of hydrazine groups is 1. The highest BCUT2D eigenvalue weighted by Gasteiger charge is 2.49. The molecule has 0 radical (unpaired) electrons. The highest BCUT2D eigenvalue weighted by atomic mass is 79.9. The third kappa shape index (κ3) is 2.47. The molecule has 6 heteroatoms. The van der Waals surface area contributed by atoms with Gasteiger partial charge in [-0.15, -0.1) is 0 Å². The monoisotopic (exact) mass is 362 g/mol. The van der Waals surface area contributed by atoms with Gasteiger partial charge in [0.05, 0.1) is 17.4 Å². The van der Waals surface area contributed by atoms with Crippen LogP contribution in [0.15, 0.2) is 40.4 Å². The summed E-state index contributed by atoms with van der Waals surface area (Å²) in [5.41, 5.74) is 3.94. The number of nitrogens with one attached hydrogen (secondary N) is 1. The fourth-order valence-corrected chi connectivity index (χ4v) is 3.42. The van der Waals surface area contributed by atoms with Gasteiger partial charge in [0.1, 0.15) is 0 Å². The first-order valence-corrected chi connectivity index (χ1v) is 7.87. The number of carbonyl (C=O) groups is 3. The second-order valence-corrected chi connectivity index (χ2v) is 6.49. The van der Waals surface area contributed by atoms with Crippen molar-refractivity contribution < 1.29 is 14.4 Å². The van der Waals surface area contributed by atoms with Gasteiger partial charge in [0, 0.05) is 4.47 Å². The van der Waals surface area contributed by atoms with Crippen LogP contribution >= 0.6 is 15.9 Å². The smallest absolute Gasteiger partial charge is 0.271 e. The molecule has 0 saturated carbocycles. The minimum atomic E-state index is -0.475. The van der Waals surface area contributed by atoms with Crippen LogP contribution in [0.5, 0.6) is 0 Å². The van der Waals surface area contributed by atoms with Crippen molar-refractivity contribution in [3.05, 3.63) is 46.0 Å². The van der Waals surface area contributed by atoms with Gasteiger partial charge in [-0.3, -0.25) is 19.8 Å². The van der Waals surface area contributed by atoms with Gasteiger partial charge in [0.25, 0.3) is 17.7 Å². The van der Waals surface area contributed by atoms with Gasteiger partial charge in [0.15, 0.2) is 0 Å². The zero-order valence-electron chi connectivity index (χ0n) is 12.0. The lowest BCUT2D eigenvalue weighted by Crippen LogP contribution is -2.46. The SMILES string of the molecule is CC1=CCC2C(=O)N(NC(=O)c3ccccc3Br)C(=O)C2C1. The van der Waals surface area contributed by atoms with Crippen molar-refractivity contribution in [2.75, 3.05) is 0 Å². The molecule has 1 aliphatic carbocycles. The normalized spacial score (nSPS) is 24.1. The minimum Gasteiger partial charge on any atom is -0.272 e. The van der Waals surface area contributed by atoms with E-state index in [4.69, 9.17) is 0 Å². The van der Waals surface area contributed by atoms with Crippen molar-refractivity contribution in [2.45, 2.75) is 19.8 Å². The average molecular weight is 363 g/mol. The van der Waals surface area contributed by atoms with Crippen molar-refractivity contribution >= 4 is 33.7 Å². The van der Waals surface area contributed by atoms with E-state index < -0.39 is 5.91 Å². The topological polar surface area (TPSA) is 66.5 Å². The van der Waals surface area contributed by atoms with Crippen LogP contribution in [0, 0.1) is 11.8 Å². The molecule has 2 atom stereocenters. The summed E-state index contributed by atoms with van der Waals surface area (Å²) in [4.78, 5) is 37.0. The zero-order chi connectivity index (χ0) is 15.9. The summed E-state index contributed by atoms with van der Waals surface area (Å²) in [5.74, 6) is -1.81. The number of imide groups is 1. The number of halogens is 1. The first-order chi connectivity index (χ1) is 10.5. The van der Waals surface area contributed by atoms with E-state index >= 15 is 0 Å². The van der Waals surface area contributed by atoms with Gasteiger partial charge in [0.2, 0.25) is 0 Å². The standard InChI is InChI=1S/C16H15BrN2O3/c1-9-6-7-10-12(8-9)16(22)19(15(10)21)18-14(20)11-4-2-3-5-13(11)17/h2-6,10,12H,7-8H2,1H3,(H,18,20). The molecule has 0 spiro atoms. The zero-order valence-corrected chi connectivity index (χ0v) is 13.6. The van der Waals surface area contributed by atoms with E-state index in [1.54, 1.807) is 24.3 Å². The van der Waals surface area contributed by atoms with Crippen LogP contribution in [0.2, 0.25) is 0 Å². The molecule has 1 fully saturated rings. The predicted molar refractivity (Wildman–Crippen MR) is 83.4 cm³/mol. The molecule has 1 N–H and O–H groups in total. The van der Waals surface area contributed by atoms with Crippen molar-refractivity contribution in [2.24, 2.45) is 11.8 Å². The Hall–Kier alpha value is -1.95. The number of hydrogen-bond donors (Lipinski definition) is 1. The van der Waals surface area contributed by atoms with Gasteiger partial charge in [-0.1, -0.05) is 23.8 Å². The molecule has 1 saturated heterocycles. The Morgan fingerprint density at radius 2 is 1.91 bits per heavy atom. The third-order valence-electron chi connectivity index (χ3n) is 4.15. The number of amides is 3. The van der Waals surface area contributed by atoms with E-state index in [1.807, 2.05) is 13.0 Å². The number of benzene rings is 1. The quantitative estimate of drug-likeness (QED) is 0.648. The van der Waals surface area contributed by atoms with Crippen LogP contribution in [0.3, 0.4) is 0 Å². The highest BCUT2D eigenvalue weighted by molar-refractivity contribution is 9.10. The molecule has 2 unspecified atom stereocenters. The van der Waals surface area contributed by atoms with Gasteiger partial charge < -0.3 is 0 Å². The maximum absolute atomic E-state index is 12.4. The van der Waals surface area contributed by atoms with Crippen LogP contribution in [0.4, 0.5) is 0 Å². The maximum Gasteiger partial charge on any atom is 0.271 e. The van der Waals surface area contributed by atoms with Crippen molar-refractivity contribution in [1.29, 1.82) is 0 Å². The Labute approximate surface area is 136 Å². The van der Waals surface area contributed by atoms with Crippen LogP contribution in [-0.4, -0.2) is 22.7 Å². The van der Waals surface area contributed by atoms with E-state index in [0.29, 0.717) is 22.9 Å². The number of hydrogen-bond acceptors (Lipinski definition) is 3. The van der Waals surface area contributed by atoms with Crippen LogP contribution < -0.4 is 5.43 Å². The van der Waals surface area contributed by atoms with Crippen LogP contribution in [0.1, 0.15) is 30.1 Å². The Bertz CT molecular complexity index is 698. The van der Waals surface area contributed by atoms with Crippen LogP contribution in [-0.2, 0) is 9.59 Å². The highest BCUT2D eigenvalue weighted by Crippen LogP contribution is 2.36. The Balaban J connectivity index is 1.79. The molecule has 0 aromatic heterocycles. The first-order valence-electron chi connectivity index (χ1n) is 7.08. The van der Waals surface area contributed by atoms with E-state index in [-0.39, 0.29) is 23.7 Å². The van der Waals surface area contributed by atoms with E-state index in [0.717, 1.165) is 10.6 Å². The Morgan fingerprint density at radius 1 is 1.23 bits per heavy atom. The van der Waals surface area contributed by atoms with E-state index in [1.165, 1.54) is 0 Å². The number of rotatable bonds is 2. The molecule has 1 aromatic rings. The molecule has 0 bridgehead atoms. The predicted octanol–water partition coefficient (Wildman–Crippen LogP) is 2.44. The Kier molecular flexibility index (Phi) is 3.87. The summed E-state index contributed by atoms with van der Waals surface area (Å²) in [6.07, 6.45) is 3.13. The number of carbonyl (C=O) groups excluding carboxylic acids is 3. The molecule has 1 aromatic carbocycles. The average Bonchev–Trinajstić information content (AvgIpc) is 2.72. The van der Waals surface area contributed by atoms with Crippen molar-refractivity contribution in [3.8, 4) is 0 Å². The molecule has 1 heterocycles. The molecule has 3 amide bonds. The number of nitrogens with zero attached hydrogens (tertiary/aromatic N) is 1. The lowest BCUT2D eigenvalue weighted by Gasteiger charge is -2.18. The van der Waals surface area contributed by atoms with E-state index in [2.05, 4.69) is 21.4 Å². The summed E-state index contributed by atoms with van der Waals surface area (Å²) in [5, 5.41) is 0.892. The molecule has 2 aliphatic rings. The first kappa shape index (κ1) is 15.0. The van der Waals surface area contributed by atoms with E-state index in [9.17, 15) is 14.4 Å².